The number of hydrogen-bond donors (Lipinski definition) is 2. The minimum absolute atomic E-state index is 0.370. The van der Waals surface area contributed by atoms with E-state index in [-0.39, 0.29) is 0 Å². The first-order valence-corrected chi connectivity index (χ1v) is 6.67. The van der Waals surface area contributed by atoms with Crippen molar-refractivity contribution in [2.75, 3.05) is 7.11 Å². The van der Waals surface area contributed by atoms with Crippen molar-refractivity contribution in [2.45, 2.75) is 13.1 Å². The van der Waals surface area contributed by atoms with Gasteiger partial charge in [-0.3, -0.25) is 0 Å². The summed E-state index contributed by atoms with van der Waals surface area (Å²) >= 11 is 1.29. The van der Waals surface area contributed by atoms with Crippen LogP contribution in [0.4, 0.5) is 0 Å². The molecule has 100 valence electrons. The number of hydrogen-bond acceptors (Lipinski definition) is 4. The maximum Gasteiger partial charge on any atom is 0.345 e. The molecule has 0 aliphatic heterocycles. The molecule has 2 aromatic rings. The predicted octanol–water partition coefficient (Wildman–Crippen LogP) is 2.74. The van der Waals surface area contributed by atoms with E-state index in [1.807, 2.05) is 30.3 Å². The van der Waals surface area contributed by atoms with E-state index in [9.17, 15) is 4.79 Å². The van der Waals surface area contributed by atoms with Crippen LogP contribution in [0.1, 0.15) is 20.1 Å². The number of para-hydroxylation sites is 1. The predicted molar refractivity (Wildman–Crippen MR) is 74.8 cm³/mol. The van der Waals surface area contributed by atoms with Crippen molar-refractivity contribution in [2.24, 2.45) is 0 Å². The van der Waals surface area contributed by atoms with E-state index < -0.39 is 5.97 Å². The van der Waals surface area contributed by atoms with Gasteiger partial charge in [0, 0.05) is 23.5 Å². The number of benzene rings is 1. The van der Waals surface area contributed by atoms with Gasteiger partial charge in [-0.15, -0.1) is 11.3 Å². The molecule has 2 rings (SSSR count). The Morgan fingerprint density at radius 2 is 2.05 bits per heavy atom. The standard InChI is InChI=1S/C14H15NO3S/c1-18-12-5-3-2-4-10(12)8-15-9-11-6-7-13(19-11)14(16)17/h2-7,15H,8-9H2,1H3,(H,16,17). The summed E-state index contributed by atoms with van der Waals surface area (Å²) in [6, 6.07) is 11.3. The molecule has 0 bridgehead atoms. The van der Waals surface area contributed by atoms with E-state index in [1.165, 1.54) is 11.3 Å². The molecule has 0 unspecified atom stereocenters. The summed E-state index contributed by atoms with van der Waals surface area (Å²) < 4.78 is 5.27. The molecule has 0 aliphatic carbocycles. The molecular formula is C14H15NO3S. The third-order valence-electron chi connectivity index (χ3n) is 2.68. The van der Waals surface area contributed by atoms with E-state index in [2.05, 4.69) is 5.32 Å². The molecule has 19 heavy (non-hydrogen) atoms. The van der Waals surface area contributed by atoms with E-state index >= 15 is 0 Å². The van der Waals surface area contributed by atoms with Gasteiger partial charge in [-0.25, -0.2) is 4.79 Å². The van der Waals surface area contributed by atoms with Gasteiger partial charge in [0.1, 0.15) is 10.6 Å². The van der Waals surface area contributed by atoms with Crippen molar-refractivity contribution < 1.29 is 14.6 Å². The summed E-state index contributed by atoms with van der Waals surface area (Å²) in [4.78, 5) is 12.1. The fraction of sp³-hybridized carbons (Fsp3) is 0.214. The summed E-state index contributed by atoms with van der Waals surface area (Å²) in [5, 5.41) is 12.1. The van der Waals surface area contributed by atoms with Crippen molar-refractivity contribution in [1.82, 2.24) is 5.32 Å². The molecular weight excluding hydrogens is 262 g/mol. The first-order chi connectivity index (χ1) is 9.20. The first-order valence-electron chi connectivity index (χ1n) is 5.85. The fourth-order valence-electron chi connectivity index (χ4n) is 1.76. The smallest absolute Gasteiger partial charge is 0.345 e. The largest absolute Gasteiger partial charge is 0.496 e. The Kier molecular flexibility index (Phi) is 4.54. The van der Waals surface area contributed by atoms with Crippen LogP contribution in [0.5, 0.6) is 5.75 Å². The first kappa shape index (κ1) is 13.6. The molecule has 0 saturated heterocycles. The maximum absolute atomic E-state index is 10.8. The van der Waals surface area contributed by atoms with Crippen molar-refractivity contribution >= 4 is 17.3 Å². The summed E-state index contributed by atoms with van der Waals surface area (Å²) in [5.74, 6) is -0.0200. The zero-order chi connectivity index (χ0) is 13.7. The highest BCUT2D eigenvalue weighted by molar-refractivity contribution is 7.13. The molecule has 0 atom stereocenters. The quantitative estimate of drug-likeness (QED) is 0.852. The zero-order valence-corrected chi connectivity index (χ0v) is 11.4. The van der Waals surface area contributed by atoms with Crippen molar-refractivity contribution in [3.63, 3.8) is 0 Å². The number of aromatic carboxylic acids is 1. The molecule has 1 aromatic carbocycles. The van der Waals surface area contributed by atoms with E-state index in [0.29, 0.717) is 18.0 Å². The van der Waals surface area contributed by atoms with Crippen LogP contribution in [0.15, 0.2) is 36.4 Å². The SMILES string of the molecule is COc1ccccc1CNCc1ccc(C(=O)O)s1. The van der Waals surface area contributed by atoms with Crippen LogP contribution in [0.25, 0.3) is 0 Å². The van der Waals surface area contributed by atoms with Crippen LogP contribution >= 0.6 is 11.3 Å². The third kappa shape index (κ3) is 3.56. The Morgan fingerprint density at radius 1 is 1.26 bits per heavy atom. The number of carboxylic acids is 1. The van der Waals surface area contributed by atoms with E-state index in [1.54, 1.807) is 13.2 Å². The number of methoxy groups -OCH3 is 1. The van der Waals surface area contributed by atoms with Crippen LogP contribution in [0.2, 0.25) is 0 Å². The van der Waals surface area contributed by atoms with Crippen molar-refractivity contribution in [3.8, 4) is 5.75 Å². The summed E-state index contributed by atoms with van der Waals surface area (Å²) in [5.41, 5.74) is 1.08. The van der Waals surface area contributed by atoms with Crippen LogP contribution < -0.4 is 10.1 Å². The average molecular weight is 277 g/mol. The van der Waals surface area contributed by atoms with Crippen LogP contribution in [-0.4, -0.2) is 18.2 Å². The molecule has 0 amide bonds. The van der Waals surface area contributed by atoms with Gasteiger partial charge in [0.15, 0.2) is 0 Å². The molecule has 0 aliphatic rings. The second-order valence-corrected chi connectivity index (χ2v) is 5.15. The fourth-order valence-corrected chi connectivity index (χ4v) is 2.57. The Labute approximate surface area is 115 Å². The second-order valence-electron chi connectivity index (χ2n) is 3.99. The molecule has 5 heteroatoms. The highest BCUT2D eigenvalue weighted by Crippen LogP contribution is 2.18. The summed E-state index contributed by atoms with van der Waals surface area (Å²) in [6.45, 7) is 1.33. The molecule has 0 saturated carbocycles. The normalized spacial score (nSPS) is 10.4. The molecule has 0 spiro atoms. The number of ether oxygens (including phenoxy) is 1. The van der Waals surface area contributed by atoms with Gasteiger partial charge in [-0.2, -0.15) is 0 Å². The van der Waals surface area contributed by atoms with Crippen LogP contribution in [0, 0.1) is 0 Å². The average Bonchev–Trinajstić information content (AvgIpc) is 2.88. The van der Waals surface area contributed by atoms with Gasteiger partial charge in [0.05, 0.1) is 7.11 Å². The van der Waals surface area contributed by atoms with Gasteiger partial charge in [-0.1, -0.05) is 18.2 Å². The van der Waals surface area contributed by atoms with E-state index in [0.717, 1.165) is 16.2 Å². The van der Waals surface area contributed by atoms with E-state index in [4.69, 9.17) is 9.84 Å². The topological polar surface area (TPSA) is 58.6 Å². The number of thiophene rings is 1. The molecule has 0 radical (unpaired) electrons. The lowest BCUT2D eigenvalue weighted by Gasteiger charge is -2.08. The second kappa shape index (κ2) is 6.36. The molecule has 0 fully saturated rings. The lowest BCUT2D eigenvalue weighted by molar-refractivity contribution is 0.0702. The van der Waals surface area contributed by atoms with Crippen LogP contribution in [-0.2, 0) is 13.1 Å². The summed E-state index contributed by atoms with van der Waals surface area (Å²) in [7, 11) is 1.65. The van der Waals surface area contributed by atoms with Crippen molar-refractivity contribution in [1.29, 1.82) is 0 Å². The van der Waals surface area contributed by atoms with Gasteiger partial charge in [-0.05, 0) is 18.2 Å². The summed E-state index contributed by atoms with van der Waals surface area (Å²) in [6.07, 6.45) is 0. The third-order valence-corrected chi connectivity index (χ3v) is 3.75. The number of carbonyl (C=O) groups is 1. The monoisotopic (exact) mass is 277 g/mol. The molecule has 1 heterocycles. The van der Waals surface area contributed by atoms with Gasteiger partial charge < -0.3 is 15.2 Å². The number of carboxylic acid groups (broad SMARTS) is 1. The van der Waals surface area contributed by atoms with Crippen LogP contribution in [0.3, 0.4) is 0 Å². The molecule has 1 aromatic heterocycles. The zero-order valence-electron chi connectivity index (χ0n) is 10.6. The van der Waals surface area contributed by atoms with Gasteiger partial charge in [0.2, 0.25) is 0 Å². The lowest BCUT2D eigenvalue weighted by Crippen LogP contribution is -2.12. The number of rotatable bonds is 6. The lowest BCUT2D eigenvalue weighted by atomic mass is 10.2. The highest BCUT2D eigenvalue weighted by Gasteiger charge is 2.07. The minimum atomic E-state index is -0.874. The van der Waals surface area contributed by atoms with Gasteiger partial charge in [0.25, 0.3) is 0 Å². The number of nitrogens with one attached hydrogen (secondary N) is 1. The van der Waals surface area contributed by atoms with Gasteiger partial charge >= 0.3 is 5.97 Å². The Balaban J connectivity index is 1.90. The highest BCUT2D eigenvalue weighted by atomic mass is 32.1. The molecule has 2 N–H and O–H groups in total. The maximum atomic E-state index is 10.8. The Hall–Kier alpha value is -1.85. The van der Waals surface area contributed by atoms with Crippen molar-refractivity contribution in [3.05, 3.63) is 51.7 Å². The molecule has 4 nitrogen and oxygen atoms in total. The Bertz CT molecular complexity index is 565. The minimum Gasteiger partial charge on any atom is -0.496 e. The Morgan fingerprint density at radius 3 is 2.74 bits per heavy atom.